The molecule has 0 N–H and O–H groups in total. The van der Waals surface area contributed by atoms with Crippen LogP contribution in [-0.4, -0.2) is 23.9 Å². The molecule has 92 valence electrons. The first-order valence-electron chi connectivity index (χ1n) is 5.67. The molecule has 0 aliphatic carbocycles. The molecule has 17 heavy (non-hydrogen) atoms. The summed E-state index contributed by atoms with van der Waals surface area (Å²) in [6.45, 7) is 5.95. The highest BCUT2D eigenvalue weighted by molar-refractivity contribution is 7.80. The van der Waals surface area contributed by atoms with Gasteiger partial charge < -0.3 is 4.90 Å². The first kappa shape index (κ1) is 12.8. The third kappa shape index (κ3) is 2.78. The number of hydrogen-bond acceptors (Lipinski definition) is 2. The third-order valence-electron chi connectivity index (χ3n) is 3.14. The number of hydrogen-bond donors (Lipinski definition) is 1. The summed E-state index contributed by atoms with van der Waals surface area (Å²) in [5, 5.41) is 0.498. The van der Waals surface area contributed by atoms with E-state index in [0.29, 0.717) is 10.6 Å². The summed E-state index contributed by atoms with van der Waals surface area (Å²) in [6, 6.07) is 5.24. The Morgan fingerprint density at radius 2 is 2.18 bits per heavy atom. The van der Waals surface area contributed by atoms with Gasteiger partial charge in [-0.2, -0.15) is 0 Å². The topological polar surface area (TPSA) is 20.3 Å². The Morgan fingerprint density at radius 1 is 1.47 bits per heavy atom. The zero-order valence-electron chi connectivity index (χ0n) is 10.0. The molecule has 1 saturated heterocycles. The smallest absolute Gasteiger partial charge is 0.255 e. The maximum absolute atomic E-state index is 12.3. The van der Waals surface area contributed by atoms with Gasteiger partial charge in [0.2, 0.25) is 0 Å². The Balaban J connectivity index is 2.23. The van der Waals surface area contributed by atoms with Gasteiger partial charge in [-0.1, -0.05) is 25.4 Å². The highest BCUT2D eigenvalue weighted by atomic mass is 35.5. The van der Waals surface area contributed by atoms with E-state index in [1.54, 1.807) is 18.2 Å². The molecule has 4 heteroatoms. The largest absolute Gasteiger partial charge is 0.338 e. The van der Waals surface area contributed by atoms with Crippen LogP contribution in [0.1, 0.15) is 30.6 Å². The van der Waals surface area contributed by atoms with Gasteiger partial charge >= 0.3 is 0 Å². The molecule has 0 aromatic heterocycles. The van der Waals surface area contributed by atoms with Crippen molar-refractivity contribution in [3.63, 3.8) is 0 Å². The van der Waals surface area contributed by atoms with Crippen LogP contribution in [0.2, 0.25) is 5.02 Å². The van der Waals surface area contributed by atoms with Crippen LogP contribution in [-0.2, 0) is 0 Å². The molecule has 0 saturated carbocycles. The van der Waals surface area contributed by atoms with Crippen LogP contribution in [0.5, 0.6) is 0 Å². The summed E-state index contributed by atoms with van der Waals surface area (Å²) in [5.74, 6) is 0.0106. The van der Waals surface area contributed by atoms with E-state index in [4.69, 9.17) is 11.6 Å². The van der Waals surface area contributed by atoms with Crippen molar-refractivity contribution in [3.8, 4) is 0 Å². The fourth-order valence-electron chi connectivity index (χ4n) is 2.13. The SMILES string of the molecule is CC1(C)CCN(C(=O)c2cc(S)ccc2Cl)C1. The minimum atomic E-state index is 0.0106. The van der Waals surface area contributed by atoms with Crippen LogP contribution < -0.4 is 0 Å². The quantitative estimate of drug-likeness (QED) is 0.774. The van der Waals surface area contributed by atoms with E-state index in [9.17, 15) is 4.79 Å². The van der Waals surface area contributed by atoms with Crippen LogP contribution in [0.15, 0.2) is 23.1 Å². The van der Waals surface area contributed by atoms with Gasteiger partial charge in [0.1, 0.15) is 0 Å². The van der Waals surface area contributed by atoms with Crippen molar-refractivity contribution in [3.05, 3.63) is 28.8 Å². The highest BCUT2D eigenvalue weighted by Crippen LogP contribution is 2.31. The van der Waals surface area contributed by atoms with Crippen molar-refractivity contribution in [1.82, 2.24) is 4.90 Å². The Labute approximate surface area is 112 Å². The molecule has 2 nitrogen and oxygen atoms in total. The van der Waals surface area contributed by atoms with Crippen LogP contribution in [0.3, 0.4) is 0 Å². The average molecular weight is 270 g/mol. The molecule has 0 radical (unpaired) electrons. The molecule has 1 aromatic carbocycles. The van der Waals surface area contributed by atoms with E-state index in [0.717, 1.165) is 24.4 Å². The number of thiol groups is 1. The molecule has 1 aromatic rings. The Kier molecular flexibility index (Phi) is 3.41. The van der Waals surface area contributed by atoms with Gasteiger partial charge in [0, 0.05) is 18.0 Å². The third-order valence-corrected chi connectivity index (χ3v) is 3.75. The molecular weight excluding hydrogens is 254 g/mol. The predicted octanol–water partition coefficient (Wildman–Crippen LogP) is 3.50. The number of likely N-dealkylation sites (tertiary alicyclic amines) is 1. The van der Waals surface area contributed by atoms with Gasteiger partial charge in [-0.3, -0.25) is 4.79 Å². The van der Waals surface area contributed by atoms with Crippen molar-refractivity contribution in [2.75, 3.05) is 13.1 Å². The monoisotopic (exact) mass is 269 g/mol. The van der Waals surface area contributed by atoms with Gasteiger partial charge in [-0.25, -0.2) is 0 Å². The first-order valence-corrected chi connectivity index (χ1v) is 6.49. The van der Waals surface area contributed by atoms with Crippen LogP contribution in [0, 0.1) is 5.41 Å². The second kappa shape index (κ2) is 4.54. The summed E-state index contributed by atoms with van der Waals surface area (Å²) in [5.41, 5.74) is 0.762. The van der Waals surface area contributed by atoms with E-state index < -0.39 is 0 Å². The minimum Gasteiger partial charge on any atom is -0.338 e. The van der Waals surface area contributed by atoms with Gasteiger partial charge in [0.15, 0.2) is 0 Å². The van der Waals surface area contributed by atoms with Crippen molar-refractivity contribution in [1.29, 1.82) is 0 Å². The zero-order valence-corrected chi connectivity index (χ0v) is 11.7. The fourth-order valence-corrected chi connectivity index (χ4v) is 2.54. The molecule has 1 aliphatic heterocycles. The van der Waals surface area contributed by atoms with E-state index in [2.05, 4.69) is 26.5 Å². The number of rotatable bonds is 1. The Morgan fingerprint density at radius 3 is 2.76 bits per heavy atom. The van der Waals surface area contributed by atoms with Crippen molar-refractivity contribution < 1.29 is 4.79 Å². The lowest BCUT2D eigenvalue weighted by Gasteiger charge is -2.20. The lowest BCUT2D eigenvalue weighted by molar-refractivity contribution is 0.0778. The molecule has 0 atom stereocenters. The van der Waals surface area contributed by atoms with E-state index in [1.165, 1.54) is 0 Å². The van der Waals surface area contributed by atoms with Crippen LogP contribution >= 0.6 is 24.2 Å². The summed E-state index contributed by atoms with van der Waals surface area (Å²) in [6.07, 6.45) is 1.04. The van der Waals surface area contributed by atoms with Crippen LogP contribution in [0.4, 0.5) is 0 Å². The number of amides is 1. The van der Waals surface area contributed by atoms with Gasteiger partial charge in [0.05, 0.1) is 10.6 Å². The predicted molar refractivity (Wildman–Crippen MR) is 73.0 cm³/mol. The van der Waals surface area contributed by atoms with Gasteiger partial charge in [-0.05, 0) is 30.0 Å². The molecule has 1 amide bonds. The lowest BCUT2D eigenvalue weighted by atomic mass is 9.93. The molecule has 2 rings (SSSR count). The Bertz CT molecular complexity index is 459. The number of carbonyl (C=O) groups excluding carboxylic acids is 1. The van der Waals surface area contributed by atoms with Gasteiger partial charge in [0.25, 0.3) is 5.91 Å². The summed E-state index contributed by atoms with van der Waals surface area (Å²) in [7, 11) is 0. The van der Waals surface area contributed by atoms with Gasteiger partial charge in [-0.15, -0.1) is 12.6 Å². The molecule has 0 bridgehead atoms. The molecule has 0 unspecified atom stereocenters. The normalized spacial score (nSPS) is 18.5. The van der Waals surface area contributed by atoms with Crippen molar-refractivity contribution in [2.24, 2.45) is 5.41 Å². The Hall–Kier alpha value is -0.670. The molecule has 1 heterocycles. The summed E-state index contributed by atoms with van der Waals surface area (Å²) in [4.78, 5) is 14.9. The van der Waals surface area contributed by atoms with E-state index in [-0.39, 0.29) is 11.3 Å². The molecule has 1 aliphatic rings. The standard InChI is InChI=1S/C13H16ClNOS/c1-13(2)5-6-15(8-13)12(16)10-7-9(17)3-4-11(10)14/h3-4,7,17H,5-6,8H2,1-2H3. The molecular formula is C13H16ClNOS. The van der Waals surface area contributed by atoms with Crippen molar-refractivity contribution in [2.45, 2.75) is 25.2 Å². The number of halogens is 1. The zero-order chi connectivity index (χ0) is 12.6. The first-order chi connectivity index (χ1) is 7.89. The second-order valence-corrected chi connectivity index (χ2v) is 6.23. The molecule has 1 fully saturated rings. The fraction of sp³-hybridized carbons (Fsp3) is 0.462. The van der Waals surface area contributed by atoms with Crippen molar-refractivity contribution >= 4 is 30.1 Å². The van der Waals surface area contributed by atoms with Crippen LogP contribution in [0.25, 0.3) is 0 Å². The maximum atomic E-state index is 12.3. The average Bonchev–Trinajstić information content (AvgIpc) is 2.61. The van der Waals surface area contributed by atoms with E-state index in [1.807, 2.05) is 4.90 Å². The lowest BCUT2D eigenvalue weighted by Crippen LogP contribution is -2.30. The number of nitrogens with zero attached hydrogens (tertiary/aromatic N) is 1. The maximum Gasteiger partial charge on any atom is 0.255 e. The summed E-state index contributed by atoms with van der Waals surface area (Å²) >= 11 is 10.3. The second-order valence-electron chi connectivity index (χ2n) is 5.31. The number of benzene rings is 1. The minimum absolute atomic E-state index is 0.0106. The number of carbonyl (C=O) groups is 1. The summed E-state index contributed by atoms with van der Waals surface area (Å²) < 4.78 is 0. The molecule has 0 spiro atoms. The van der Waals surface area contributed by atoms with E-state index >= 15 is 0 Å². The highest BCUT2D eigenvalue weighted by Gasteiger charge is 2.32.